The van der Waals surface area contributed by atoms with Gasteiger partial charge in [0.05, 0.1) is 5.75 Å². The predicted octanol–water partition coefficient (Wildman–Crippen LogP) is 5.13. The standard InChI is InChI=1S/C25H23FN4OS/c1-18-8-10-19(11-9-18)16-29(2)23(31)17-32-25-28-27-24(20-12-14-21(26)15-13-20)30(25)22-6-4-3-5-7-22/h3-15H,16-17H2,1-2H3. The summed E-state index contributed by atoms with van der Waals surface area (Å²) in [7, 11) is 1.80. The molecule has 0 saturated carbocycles. The van der Waals surface area contributed by atoms with Crippen molar-refractivity contribution in [2.45, 2.75) is 18.6 Å². The number of benzene rings is 3. The SMILES string of the molecule is Cc1ccc(CN(C)C(=O)CSc2nnc(-c3ccc(F)cc3)n2-c2ccccc2)cc1. The molecular weight excluding hydrogens is 423 g/mol. The molecule has 1 aromatic heterocycles. The Morgan fingerprint density at radius 3 is 2.34 bits per heavy atom. The molecule has 162 valence electrons. The van der Waals surface area contributed by atoms with Crippen LogP contribution in [0.5, 0.6) is 0 Å². The number of halogens is 1. The third-order valence-electron chi connectivity index (χ3n) is 5.04. The van der Waals surface area contributed by atoms with Crippen LogP contribution in [0.25, 0.3) is 17.1 Å². The van der Waals surface area contributed by atoms with Crippen molar-refractivity contribution < 1.29 is 9.18 Å². The molecule has 1 amide bonds. The molecule has 4 rings (SSSR count). The summed E-state index contributed by atoms with van der Waals surface area (Å²) in [5.74, 6) is 0.522. The molecule has 0 aliphatic rings. The molecule has 0 aliphatic heterocycles. The Hall–Kier alpha value is -3.45. The maximum atomic E-state index is 13.4. The number of aryl methyl sites for hydroxylation is 1. The molecular formula is C25H23FN4OS. The second-order valence-electron chi connectivity index (χ2n) is 7.51. The van der Waals surface area contributed by atoms with Gasteiger partial charge in [-0.3, -0.25) is 9.36 Å². The molecule has 3 aromatic carbocycles. The van der Waals surface area contributed by atoms with Crippen LogP contribution in [0.4, 0.5) is 4.39 Å². The number of amides is 1. The van der Waals surface area contributed by atoms with Gasteiger partial charge >= 0.3 is 0 Å². The first-order valence-corrected chi connectivity index (χ1v) is 11.2. The first-order valence-electron chi connectivity index (χ1n) is 10.2. The molecule has 0 spiro atoms. The van der Waals surface area contributed by atoms with Gasteiger partial charge in [-0.05, 0) is 48.9 Å². The Kier molecular flexibility index (Phi) is 6.66. The largest absolute Gasteiger partial charge is 0.341 e. The van der Waals surface area contributed by atoms with E-state index in [-0.39, 0.29) is 17.5 Å². The first kappa shape index (κ1) is 21.8. The normalized spacial score (nSPS) is 10.8. The van der Waals surface area contributed by atoms with E-state index in [9.17, 15) is 9.18 Å². The second kappa shape index (κ2) is 9.78. The number of para-hydroxylation sites is 1. The van der Waals surface area contributed by atoms with Crippen molar-refractivity contribution in [2.75, 3.05) is 12.8 Å². The highest BCUT2D eigenvalue weighted by Crippen LogP contribution is 2.28. The van der Waals surface area contributed by atoms with Gasteiger partial charge < -0.3 is 4.90 Å². The second-order valence-corrected chi connectivity index (χ2v) is 8.45. The number of thioether (sulfide) groups is 1. The highest BCUT2D eigenvalue weighted by atomic mass is 32.2. The minimum atomic E-state index is -0.309. The van der Waals surface area contributed by atoms with E-state index in [0.717, 1.165) is 16.8 Å². The molecule has 0 bridgehead atoms. The summed E-state index contributed by atoms with van der Waals surface area (Å²) in [6, 6.07) is 24.0. The average Bonchev–Trinajstić information content (AvgIpc) is 3.24. The maximum absolute atomic E-state index is 13.4. The van der Waals surface area contributed by atoms with Gasteiger partial charge in [-0.2, -0.15) is 0 Å². The van der Waals surface area contributed by atoms with Crippen molar-refractivity contribution in [3.8, 4) is 17.1 Å². The van der Waals surface area contributed by atoms with Crippen molar-refractivity contribution in [3.63, 3.8) is 0 Å². The third-order valence-corrected chi connectivity index (χ3v) is 5.95. The molecule has 1 heterocycles. The number of carbonyl (C=O) groups is 1. The highest BCUT2D eigenvalue weighted by molar-refractivity contribution is 7.99. The number of nitrogens with zero attached hydrogens (tertiary/aromatic N) is 4. The molecule has 7 heteroatoms. The quantitative estimate of drug-likeness (QED) is 0.369. The summed E-state index contributed by atoms with van der Waals surface area (Å²) in [6.45, 7) is 2.59. The lowest BCUT2D eigenvalue weighted by Gasteiger charge is -2.17. The van der Waals surface area contributed by atoms with Crippen LogP contribution in [0.3, 0.4) is 0 Å². The van der Waals surface area contributed by atoms with Gasteiger partial charge in [0.2, 0.25) is 5.91 Å². The van der Waals surface area contributed by atoms with Gasteiger partial charge in [-0.25, -0.2) is 4.39 Å². The molecule has 0 radical (unpaired) electrons. The minimum Gasteiger partial charge on any atom is -0.341 e. The predicted molar refractivity (Wildman–Crippen MR) is 125 cm³/mol. The Morgan fingerprint density at radius 1 is 0.969 bits per heavy atom. The number of carbonyl (C=O) groups excluding carboxylic acids is 1. The van der Waals surface area contributed by atoms with Gasteiger partial charge in [0.15, 0.2) is 11.0 Å². The highest BCUT2D eigenvalue weighted by Gasteiger charge is 2.18. The lowest BCUT2D eigenvalue weighted by atomic mass is 10.1. The van der Waals surface area contributed by atoms with Crippen molar-refractivity contribution >= 4 is 17.7 Å². The van der Waals surface area contributed by atoms with Crippen LogP contribution >= 0.6 is 11.8 Å². The summed E-state index contributed by atoms with van der Waals surface area (Å²) in [6.07, 6.45) is 0. The topological polar surface area (TPSA) is 51.0 Å². The zero-order valence-corrected chi connectivity index (χ0v) is 18.7. The Labute approximate surface area is 190 Å². The zero-order chi connectivity index (χ0) is 22.5. The van der Waals surface area contributed by atoms with E-state index in [0.29, 0.717) is 17.5 Å². The third kappa shape index (κ3) is 5.06. The molecule has 0 atom stereocenters. The Bertz CT molecular complexity index is 1190. The lowest BCUT2D eigenvalue weighted by molar-refractivity contribution is -0.127. The van der Waals surface area contributed by atoms with Crippen molar-refractivity contribution in [3.05, 3.63) is 95.8 Å². The maximum Gasteiger partial charge on any atom is 0.233 e. The van der Waals surface area contributed by atoms with Crippen molar-refractivity contribution in [1.29, 1.82) is 0 Å². The lowest BCUT2D eigenvalue weighted by Crippen LogP contribution is -2.27. The first-order chi connectivity index (χ1) is 15.5. The molecule has 0 saturated heterocycles. The summed E-state index contributed by atoms with van der Waals surface area (Å²) in [4.78, 5) is 14.5. The summed E-state index contributed by atoms with van der Waals surface area (Å²) in [5.41, 5.74) is 3.90. The van der Waals surface area contributed by atoms with E-state index in [1.165, 1.54) is 29.5 Å². The molecule has 4 aromatic rings. The molecule has 0 unspecified atom stereocenters. The smallest absolute Gasteiger partial charge is 0.233 e. The zero-order valence-electron chi connectivity index (χ0n) is 17.9. The summed E-state index contributed by atoms with van der Waals surface area (Å²) in [5, 5.41) is 9.27. The van der Waals surface area contributed by atoms with E-state index >= 15 is 0 Å². The number of hydrogen-bond donors (Lipinski definition) is 0. The van der Waals surface area contributed by atoms with Gasteiger partial charge in [-0.1, -0.05) is 59.8 Å². The van der Waals surface area contributed by atoms with Gasteiger partial charge in [0, 0.05) is 24.8 Å². The van der Waals surface area contributed by atoms with Crippen molar-refractivity contribution in [1.82, 2.24) is 19.7 Å². The Balaban J connectivity index is 1.53. The Morgan fingerprint density at radius 2 is 1.66 bits per heavy atom. The number of rotatable bonds is 7. The summed E-state index contributed by atoms with van der Waals surface area (Å²) >= 11 is 1.33. The van der Waals surface area contributed by atoms with E-state index in [1.807, 2.05) is 66.1 Å². The minimum absolute atomic E-state index is 0.00141. The molecule has 0 aliphatic carbocycles. The van der Waals surface area contributed by atoms with Crippen LogP contribution in [0, 0.1) is 12.7 Å². The molecule has 0 N–H and O–H groups in total. The van der Waals surface area contributed by atoms with Crippen LogP contribution in [0.2, 0.25) is 0 Å². The molecule has 5 nitrogen and oxygen atoms in total. The summed E-state index contributed by atoms with van der Waals surface area (Å²) < 4.78 is 15.3. The molecule has 32 heavy (non-hydrogen) atoms. The fraction of sp³-hybridized carbons (Fsp3) is 0.160. The molecule has 0 fully saturated rings. The van der Waals surface area contributed by atoms with Crippen LogP contribution in [0.15, 0.2) is 84.0 Å². The van der Waals surface area contributed by atoms with E-state index in [4.69, 9.17) is 0 Å². The van der Waals surface area contributed by atoms with Crippen LogP contribution in [-0.2, 0) is 11.3 Å². The van der Waals surface area contributed by atoms with Crippen LogP contribution < -0.4 is 0 Å². The van der Waals surface area contributed by atoms with Crippen LogP contribution in [0.1, 0.15) is 11.1 Å². The van der Waals surface area contributed by atoms with Crippen LogP contribution in [-0.4, -0.2) is 38.4 Å². The fourth-order valence-corrected chi connectivity index (χ4v) is 4.14. The fourth-order valence-electron chi connectivity index (χ4n) is 3.25. The number of aromatic nitrogens is 3. The average molecular weight is 447 g/mol. The van der Waals surface area contributed by atoms with E-state index in [1.54, 1.807) is 24.1 Å². The monoisotopic (exact) mass is 446 g/mol. The number of hydrogen-bond acceptors (Lipinski definition) is 4. The van der Waals surface area contributed by atoms with E-state index in [2.05, 4.69) is 10.2 Å². The van der Waals surface area contributed by atoms with Gasteiger partial charge in [0.1, 0.15) is 5.82 Å². The van der Waals surface area contributed by atoms with E-state index < -0.39 is 0 Å². The van der Waals surface area contributed by atoms with Crippen molar-refractivity contribution in [2.24, 2.45) is 0 Å². The van der Waals surface area contributed by atoms with Gasteiger partial charge in [0.25, 0.3) is 0 Å². The van der Waals surface area contributed by atoms with Gasteiger partial charge in [-0.15, -0.1) is 10.2 Å².